The third-order valence-corrected chi connectivity index (χ3v) is 2.04. The Hall–Kier alpha value is -0.550. The van der Waals surface area contributed by atoms with Crippen LogP contribution in [0.4, 0.5) is 0 Å². The van der Waals surface area contributed by atoms with E-state index in [4.69, 9.17) is 11.0 Å². The van der Waals surface area contributed by atoms with E-state index in [-0.39, 0.29) is 0 Å². The summed E-state index contributed by atoms with van der Waals surface area (Å²) in [6.45, 7) is 2.20. The summed E-state index contributed by atoms with van der Waals surface area (Å²) in [4.78, 5) is 0. The number of hydrogen-bond acceptors (Lipinski definition) is 2. The van der Waals surface area contributed by atoms with Crippen molar-refractivity contribution in [1.82, 2.24) is 0 Å². The van der Waals surface area contributed by atoms with E-state index in [2.05, 4.69) is 13.0 Å². The fourth-order valence-electron chi connectivity index (χ4n) is 1.24. The zero-order valence-electron chi connectivity index (χ0n) is 8.05. The second kappa shape index (κ2) is 8.55. The van der Waals surface area contributed by atoms with Crippen LogP contribution >= 0.6 is 0 Å². The van der Waals surface area contributed by atoms with Gasteiger partial charge in [0.05, 0.1) is 6.07 Å². The van der Waals surface area contributed by atoms with E-state index in [0.29, 0.717) is 12.5 Å². The first-order valence-electron chi connectivity index (χ1n) is 4.93. The first-order chi connectivity index (χ1) is 5.81. The molecule has 1 atom stereocenters. The summed E-state index contributed by atoms with van der Waals surface area (Å²) in [6, 6.07) is 2.46. The van der Waals surface area contributed by atoms with Crippen molar-refractivity contribution >= 4 is 0 Å². The Morgan fingerprint density at radius 2 is 1.92 bits per heavy atom. The largest absolute Gasteiger partial charge is 0.328 e. The van der Waals surface area contributed by atoms with E-state index in [9.17, 15) is 0 Å². The summed E-state index contributed by atoms with van der Waals surface area (Å²) in [6.07, 6.45) is 7.53. The molecule has 0 aromatic heterocycles. The summed E-state index contributed by atoms with van der Waals surface area (Å²) in [5.74, 6) is 0. The number of rotatable bonds is 7. The molecular weight excluding hydrogens is 148 g/mol. The maximum atomic E-state index is 8.30. The van der Waals surface area contributed by atoms with E-state index in [0.717, 1.165) is 19.3 Å². The molecule has 0 radical (unpaired) electrons. The van der Waals surface area contributed by atoms with Gasteiger partial charge in [-0.05, 0) is 19.3 Å². The monoisotopic (exact) mass is 168 g/mol. The van der Waals surface area contributed by atoms with Gasteiger partial charge in [-0.15, -0.1) is 0 Å². The van der Waals surface area contributed by atoms with Crippen LogP contribution in [0.2, 0.25) is 0 Å². The molecule has 0 saturated heterocycles. The third kappa shape index (κ3) is 7.56. The molecule has 0 aromatic carbocycles. The molecule has 0 aromatic rings. The Morgan fingerprint density at radius 3 is 2.50 bits per heavy atom. The van der Waals surface area contributed by atoms with Gasteiger partial charge in [-0.1, -0.05) is 26.2 Å². The van der Waals surface area contributed by atoms with Crippen LogP contribution in [0, 0.1) is 11.3 Å². The average Bonchev–Trinajstić information content (AvgIpc) is 2.06. The zero-order valence-corrected chi connectivity index (χ0v) is 8.05. The molecule has 2 N–H and O–H groups in total. The van der Waals surface area contributed by atoms with Crippen LogP contribution in [0.3, 0.4) is 0 Å². The summed E-state index contributed by atoms with van der Waals surface area (Å²) in [5, 5.41) is 8.30. The SMILES string of the molecule is CCCCCC(N)CCCC#N. The molecule has 0 bridgehead atoms. The number of hydrogen-bond donors (Lipinski definition) is 1. The molecule has 2 heteroatoms. The Balaban J connectivity index is 3.11. The van der Waals surface area contributed by atoms with Crippen LogP contribution in [0.25, 0.3) is 0 Å². The van der Waals surface area contributed by atoms with Crippen LogP contribution in [0.15, 0.2) is 0 Å². The summed E-state index contributed by atoms with van der Waals surface area (Å²) in [7, 11) is 0. The van der Waals surface area contributed by atoms with E-state index >= 15 is 0 Å². The molecule has 0 heterocycles. The topological polar surface area (TPSA) is 49.8 Å². The highest BCUT2D eigenvalue weighted by Crippen LogP contribution is 2.07. The van der Waals surface area contributed by atoms with Gasteiger partial charge in [0.15, 0.2) is 0 Å². The molecule has 0 amide bonds. The Morgan fingerprint density at radius 1 is 1.25 bits per heavy atom. The van der Waals surface area contributed by atoms with Crippen molar-refractivity contribution in [3.63, 3.8) is 0 Å². The lowest BCUT2D eigenvalue weighted by Crippen LogP contribution is -2.19. The lowest BCUT2D eigenvalue weighted by molar-refractivity contribution is 0.517. The highest BCUT2D eigenvalue weighted by atomic mass is 14.6. The fourth-order valence-corrected chi connectivity index (χ4v) is 1.24. The molecular formula is C10H20N2. The van der Waals surface area contributed by atoms with Gasteiger partial charge in [0.2, 0.25) is 0 Å². The van der Waals surface area contributed by atoms with Gasteiger partial charge in [-0.2, -0.15) is 5.26 Å². The minimum absolute atomic E-state index is 0.324. The molecule has 1 unspecified atom stereocenters. The molecule has 12 heavy (non-hydrogen) atoms. The van der Waals surface area contributed by atoms with Crippen LogP contribution < -0.4 is 5.73 Å². The van der Waals surface area contributed by atoms with Crippen molar-refractivity contribution in [2.45, 2.75) is 57.9 Å². The van der Waals surface area contributed by atoms with E-state index in [1.165, 1.54) is 19.3 Å². The molecule has 0 aliphatic heterocycles. The maximum absolute atomic E-state index is 8.30. The normalized spacial score (nSPS) is 12.4. The summed E-state index contributed by atoms with van der Waals surface area (Å²) >= 11 is 0. The number of nitrogens with zero attached hydrogens (tertiary/aromatic N) is 1. The maximum Gasteiger partial charge on any atom is 0.0621 e. The molecule has 0 aliphatic carbocycles. The smallest absolute Gasteiger partial charge is 0.0621 e. The van der Waals surface area contributed by atoms with Crippen molar-refractivity contribution in [1.29, 1.82) is 5.26 Å². The standard InChI is InChI=1S/C10H20N2/c1-2-3-4-7-10(12)8-5-6-9-11/h10H,2-8,12H2,1H3. The molecule has 0 spiro atoms. The predicted molar refractivity (Wildman–Crippen MR) is 51.6 cm³/mol. The average molecular weight is 168 g/mol. The highest BCUT2D eigenvalue weighted by molar-refractivity contribution is 4.71. The predicted octanol–water partition coefficient (Wildman–Crippen LogP) is 2.59. The van der Waals surface area contributed by atoms with Crippen molar-refractivity contribution < 1.29 is 0 Å². The van der Waals surface area contributed by atoms with Crippen LogP contribution in [-0.4, -0.2) is 6.04 Å². The second-order valence-corrected chi connectivity index (χ2v) is 3.31. The van der Waals surface area contributed by atoms with E-state index in [1.807, 2.05) is 0 Å². The lowest BCUT2D eigenvalue weighted by Gasteiger charge is -2.08. The first-order valence-corrected chi connectivity index (χ1v) is 4.93. The quantitative estimate of drug-likeness (QED) is 0.594. The van der Waals surface area contributed by atoms with E-state index < -0.39 is 0 Å². The molecule has 0 saturated carbocycles. The molecule has 2 nitrogen and oxygen atoms in total. The van der Waals surface area contributed by atoms with Crippen molar-refractivity contribution in [2.75, 3.05) is 0 Å². The van der Waals surface area contributed by atoms with E-state index in [1.54, 1.807) is 0 Å². The van der Waals surface area contributed by atoms with Crippen LogP contribution in [0.1, 0.15) is 51.9 Å². The minimum atomic E-state index is 0.324. The van der Waals surface area contributed by atoms with Crippen LogP contribution in [0.5, 0.6) is 0 Å². The van der Waals surface area contributed by atoms with Gasteiger partial charge in [-0.25, -0.2) is 0 Å². The van der Waals surface area contributed by atoms with Gasteiger partial charge in [0.25, 0.3) is 0 Å². The Bertz CT molecular complexity index is 126. The fraction of sp³-hybridized carbons (Fsp3) is 0.900. The third-order valence-electron chi connectivity index (χ3n) is 2.04. The number of nitriles is 1. The van der Waals surface area contributed by atoms with Crippen molar-refractivity contribution in [3.05, 3.63) is 0 Å². The Labute approximate surface area is 75.8 Å². The van der Waals surface area contributed by atoms with Gasteiger partial charge >= 0.3 is 0 Å². The summed E-state index contributed by atoms with van der Waals surface area (Å²) < 4.78 is 0. The second-order valence-electron chi connectivity index (χ2n) is 3.31. The Kier molecular flexibility index (Phi) is 8.15. The molecule has 0 fully saturated rings. The molecule has 0 rings (SSSR count). The molecule has 0 aliphatic rings. The van der Waals surface area contributed by atoms with Gasteiger partial charge in [0.1, 0.15) is 0 Å². The minimum Gasteiger partial charge on any atom is -0.328 e. The van der Waals surface area contributed by atoms with Gasteiger partial charge in [-0.3, -0.25) is 0 Å². The van der Waals surface area contributed by atoms with Gasteiger partial charge in [0, 0.05) is 12.5 Å². The number of nitrogens with two attached hydrogens (primary N) is 1. The van der Waals surface area contributed by atoms with Crippen LogP contribution in [-0.2, 0) is 0 Å². The highest BCUT2D eigenvalue weighted by Gasteiger charge is 2.00. The molecule has 70 valence electrons. The van der Waals surface area contributed by atoms with Crippen molar-refractivity contribution in [2.24, 2.45) is 5.73 Å². The van der Waals surface area contributed by atoms with Gasteiger partial charge < -0.3 is 5.73 Å². The van der Waals surface area contributed by atoms with Crippen molar-refractivity contribution in [3.8, 4) is 6.07 Å². The number of unbranched alkanes of at least 4 members (excludes halogenated alkanes) is 3. The zero-order chi connectivity index (χ0) is 9.23. The summed E-state index contributed by atoms with van der Waals surface area (Å²) in [5.41, 5.74) is 5.85. The lowest BCUT2D eigenvalue weighted by atomic mass is 10.0. The first kappa shape index (κ1) is 11.4.